The van der Waals surface area contributed by atoms with Crippen LogP contribution in [0.25, 0.3) is 0 Å². The summed E-state index contributed by atoms with van der Waals surface area (Å²) in [7, 11) is 0. The van der Waals surface area contributed by atoms with Crippen molar-refractivity contribution in [2.24, 2.45) is 11.7 Å². The number of aromatic nitrogens is 1. The number of aryl methyl sites for hydroxylation is 1. The molecule has 120 valence electrons. The van der Waals surface area contributed by atoms with Crippen LogP contribution in [0.2, 0.25) is 0 Å². The van der Waals surface area contributed by atoms with Crippen LogP contribution in [0.5, 0.6) is 0 Å². The minimum absolute atomic E-state index is 0.403. The van der Waals surface area contributed by atoms with E-state index in [1.54, 1.807) is 18.3 Å². The fourth-order valence-corrected chi connectivity index (χ4v) is 3.29. The molecule has 1 amide bonds. The number of carbonyl (C=O) groups is 1. The second-order valence-electron chi connectivity index (χ2n) is 6.19. The molecule has 1 aromatic carbocycles. The molecule has 1 aromatic heterocycles. The fourth-order valence-electron chi connectivity index (χ4n) is 3.29. The van der Waals surface area contributed by atoms with E-state index in [-0.39, 0.29) is 0 Å². The lowest BCUT2D eigenvalue weighted by Gasteiger charge is -2.33. The summed E-state index contributed by atoms with van der Waals surface area (Å²) in [4.78, 5) is 18.1. The minimum Gasteiger partial charge on any atom is -0.365 e. The van der Waals surface area contributed by atoms with Gasteiger partial charge in [0.05, 0.1) is 5.56 Å². The highest BCUT2D eigenvalue weighted by atomic mass is 16.1. The first-order valence-corrected chi connectivity index (χ1v) is 8.27. The Kier molecular flexibility index (Phi) is 4.91. The van der Waals surface area contributed by atoms with Gasteiger partial charge in [0.1, 0.15) is 5.82 Å². The molecule has 3 rings (SSSR count). The van der Waals surface area contributed by atoms with E-state index < -0.39 is 5.91 Å². The number of amides is 1. The molecule has 1 aliphatic heterocycles. The molecule has 1 aliphatic rings. The first-order chi connectivity index (χ1) is 11.2. The van der Waals surface area contributed by atoms with Crippen molar-refractivity contribution >= 4 is 11.7 Å². The third-order valence-electron chi connectivity index (χ3n) is 4.65. The molecular weight excluding hydrogens is 286 g/mol. The Labute approximate surface area is 137 Å². The van der Waals surface area contributed by atoms with Crippen LogP contribution >= 0.6 is 0 Å². The van der Waals surface area contributed by atoms with E-state index in [2.05, 4.69) is 40.2 Å². The van der Waals surface area contributed by atoms with E-state index >= 15 is 0 Å². The zero-order chi connectivity index (χ0) is 16.1. The number of nitrogens with zero attached hydrogens (tertiary/aromatic N) is 2. The molecule has 0 saturated carbocycles. The van der Waals surface area contributed by atoms with Crippen LogP contribution in [-0.4, -0.2) is 24.0 Å². The van der Waals surface area contributed by atoms with E-state index in [1.165, 1.54) is 12.0 Å². The van der Waals surface area contributed by atoms with Crippen molar-refractivity contribution in [2.75, 3.05) is 18.0 Å². The summed E-state index contributed by atoms with van der Waals surface area (Å²) in [5.41, 5.74) is 7.39. The van der Waals surface area contributed by atoms with Crippen LogP contribution < -0.4 is 10.6 Å². The highest BCUT2D eigenvalue weighted by molar-refractivity contribution is 5.97. The van der Waals surface area contributed by atoms with E-state index in [0.717, 1.165) is 44.1 Å². The first-order valence-electron chi connectivity index (χ1n) is 8.27. The van der Waals surface area contributed by atoms with Gasteiger partial charge < -0.3 is 10.6 Å². The van der Waals surface area contributed by atoms with Crippen molar-refractivity contribution in [1.82, 2.24) is 4.98 Å². The molecule has 0 atom stereocenters. The Balaban J connectivity index is 1.55. The predicted octanol–water partition coefficient (Wildman–Crippen LogP) is 3.03. The maximum Gasteiger partial charge on any atom is 0.252 e. The lowest BCUT2D eigenvalue weighted by atomic mass is 9.90. The van der Waals surface area contributed by atoms with Crippen molar-refractivity contribution in [3.05, 3.63) is 59.8 Å². The molecule has 2 heterocycles. The number of carbonyl (C=O) groups excluding carboxylic acids is 1. The molecule has 1 fully saturated rings. The fraction of sp³-hybridized carbons (Fsp3) is 0.368. The van der Waals surface area contributed by atoms with Gasteiger partial charge in [-0.3, -0.25) is 4.79 Å². The van der Waals surface area contributed by atoms with Crippen LogP contribution in [0, 0.1) is 5.92 Å². The smallest absolute Gasteiger partial charge is 0.252 e. The topological polar surface area (TPSA) is 59.2 Å². The third-order valence-corrected chi connectivity index (χ3v) is 4.65. The molecule has 0 aliphatic carbocycles. The molecule has 4 nitrogen and oxygen atoms in total. The Morgan fingerprint density at radius 1 is 1.13 bits per heavy atom. The van der Waals surface area contributed by atoms with Gasteiger partial charge in [-0.15, -0.1) is 0 Å². The van der Waals surface area contributed by atoms with E-state index in [9.17, 15) is 4.79 Å². The van der Waals surface area contributed by atoms with Gasteiger partial charge in [0, 0.05) is 19.3 Å². The van der Waals surface area contributed by atoms with Crippen LogP contribution in [0.3, 0.4) is 0 Å². The van der Waals surface area contributed by atoms with Crippen LogP contribution in [0.4, 0.5) is 5.82 Å². The Hall–Kier alpha value is -2.36. The van der Waals surface area contributed by atoms with Gasteiger partial charge >= 0.3 is 0 Å². The first kappa shape index (κ1) is 15.5. The average Bonchev–Trinajstić information content (AvgIpc) is 2.61. The number of anilines is 1. The van der Waals surface area contributed by atoms with Crippen molar-refractivity contribution < 1.29 is 4.79 Å². The molecule has 23 heavy (non-hydrogen) atoms. The summed E-state index contributed by atoms with van der Waals surface area (Å²) in [5.74, 6) is 1.08. The largest absolute Gasteiger partial charge is 0.365 e. The molecule has 4 heteroatoms. The molecule has 0 unspecified atom stereocenters. The van der Waals surface area contributed by atoms with Crippen LogP contribution in [0.1, 0.15) is 35.2 Å². The second-order valence-corrected chi connectivity index (χ2v) is 6.19. The summed E-state index contributed by atoms with van der Waals surface area (Å²) >= 11 is 0. The standard InChI is InChI=1S/C19H23N3O/c20-18(23)17-7-4-12-21-19(17)22-13-10-16(11-14-22)9-8-15-5-2-1-3-6-15/h1-7,12,16H,8-11,13-14H2,(H2,20,23). The molecule has 0 radical (unpaired) electrons. The number of pyridine rings is 1. The Bertz CT molecular complexity index is 649. The third kappa shape index (κ3) is 3.89. The number of nitrogens with two attached hydrogens (primary N) is 1. The summed E-state index contributed by atoms with van der Waals surface area (Å²) in [6.07, 6.45) is 6.37. The van der Waals surface area contributed by atoms with Gasteiger partial charge in [-0.25, -0.2) is 4.98 Å². The summed E-state index contributed by atoms with van der Waals surface area (Å²) in [6.45, 7) is 1.88. The van der Waals surface area contributed by atoms with Crippen molar-refractivity contribution in [2.45, 2.75) is 25.7 Å². The van der Waals surface area contributed by atoms with E-state index in [0.29, 0.717) is 5.56 Å². The molecule has 2 aromatic rings. The van der Waals surface area contributed by atoms with E-state index in [1.807, 2.05) is 0 Å². The normalized spacial score (nSPS) is 15.6. The summed E-state index contributed by atoms with van der Waals surface area (Å²) < 4.78 is 0. The summed E-state index contributed by atoms with van der Waals surface area (Å²) in [6, 6.07) is 14.2. The SMILES string of the molecule is NC(=O)c1cccnc1N1CCC(CCc2ccccc2)CC1. The number of benzene rings is 1. The number of rotatable bonds is 5. The summed E-state index contributed by atoms with van der Waals surface area (Å²) in [5, 5.41) is 0. The highest BCUT2D eigenvalue weighted by Crippen LogP contribution is 2.27. The number of primary amides is 1. The van der Waals surface area contributed by atoms with Gasteiger partial charge in [0.25, 0.3) is 5.91 Å². The second kappa shape index (κ2) is 7.27. The van der Waals surface area contributed by atoms with Gasteiger partial charge in [-0.2, -0.15) is 0 Å². The zero-order valence-corrected chi connectivity index (χ0v) is 13.3. The Morgan fingerprint density at radius 3 is 2.57 bits per heavy atom. The van der Waals surface area contributed by atoms with Gasteiger partial charge in [0.2, 0.25) is 0 Å². The van der Waals surface area contributed by atoms with Gasteiger partial charge in [0.15, 0.2) is 0 Å². The molecule has 2 N–H and O–H groups in total. The lowest BCUT2D eigenvalue weighted by Crippen LogP contribution is -2.35. The van der Waals surface area contributed by atoms with Crippen LogP contribution in [-0.2, 0) is 6.42 Å². The van der Waals surface area contributed by atoms with Crippen LogP contribution in [0.15, 0.2) is 48.7 Å². The van der Waals surface area contributed by atoms with Crippen molar-refractivity contribution in [3.8, 4) is 0 Å². The maximum atomic E-state index is 11.5. The van der Waals surface area contributed by atoms with Gasteiger partial charge in [-0.1, -0.05) is 30.3 Å². The van der Waals surface area contributed by atoms with Crippen molar-refractivity contribution in [1.29, 1.82) is 0 Å². The highest BCUT2D eigenvalue weighted by Gasteiger charge is 2.22. The molecule has 0 spiro atoms. The van der Waals surface area contributed by atoms with E-state index in [4.69, 9.17) is 5.73 Å². The number of hydrogen-bond acceptors (Lipinski definition) is 3. The van der Waals surface area contributed by atoms with Crippen molar-refractivity contribution in [3.63, 3.8) is 0 Å². The lowest BCUT2D eigenvalue weighted by molar-refractivity contribution is 0.100. The maximum absolute atomic E-state index is 11.5. The number of hydrogen-bond donors (Lipinski definition) is 1. The monoisotopic (exact) mass is 309 g/mol. The average molecular weight is 309 g/mol. The molecule has 1 saturated heterocycles. The zero-order valence-electron chi connectivity index (χ0n) is 13.3. The quantitative estimate of drug-likeness (QED) is 0.923. The molecule has 0 bridgehead atoms. The predicted molar refractivity (Wildman–Crippen MR) is 92.5 cm³/mol. The molecular formula is C19H23N3O. The van der Waals surface area contributed by atoms with Gasteiger partial charge in [-0.05, 0) is 49.3 Å². The Morgan fingerprint density at radius 2 is 1.87 bits per heavy atom. The number of piperidine rings is 1. The minimum atomic E-state index is -0.403.